The van der Waals surface area contributed by atoms with Crippen molar-refractivity contribution in [2.75, 3.05) is 6.54 Å². The SMILES string of the molecule is CC(C)CNC(=O)c1cc2occc2n1CCCc1ccccc1. The second kappa shape index (κ2) is 7.39. The number of fused-ring (bicyclic) bond motifs is 1. The quantitative estimate of drug-likeness (QED) is 0.706. The third-order valence-electron chi connectivity index (χ3n) is 4.12. The summed E-state index contributed by atoms with van der Waals surface area (Å²) in [6.45, 7) is 5.65. The molecular formula is C20H24N2O2. The fourth-order valence-corrected chi connectivity index (χ4v) is 2.88. The van der Waals surface area contributed by atoms with Crippen molar-refractivity contribution in [2.45, 2.75) is 33.2 Å². The molecule has 4 heteroatoms. The Bertz CT molecular complexity index is 800. The maximum absolute atomic E-state index is 12.5. The lowest BCUT2D eigenvalue weighted by Gasteiger charge is -2.11. The largest absolute Gasteiger partial charge is 0.463 e. The van der Waals surface area contributed by atoms with Crippen LogP contribution in [0, 0.1) is 5.92 Å². The van der Waals surface area contributed by atoms with Crippen LogP contribution in [0.1, 0.15) is 36.3 Å². The number of hydrogen-bond acceptors (Lipinski definition) is 2. The van der Waals surface area contributed by atoms with Crippen molar-refractivity contribution in [3.05, 3.63) is 60.0 Å². The maximum Gasteiger partial charge on any atom is 0.268 e. The molecule has 0 saturated carbocycles. The van der Waals surface area contributed by atoms with E-state index in [-0.39, 0.29) is 5.91 Å². The number of nitrogens with one attached hydrogen (secondary N) is 1. The van der Waals surface area contributed by atoms with Crippen LogP contribution in [-0.2, 0) is 13.0 Å². The molecule has 3 aromatic rings. The van der Waals surface area contributed by atoms with E-state index in [0.29, 0.717) is 18.2 Å². The molecule has 3 rings (SSSR count). The van der Waals surface area contributed by atoms with E-state index in [1.54, 1.807) is 6.26 Å². The smallest absolute Gasteiger partial charge is 0.268 e. The molecule has 0 spiro atoms. The molecular weight excluding hydrogens is 300 g/mol. The highest BCUT2D eigenvalue weighted by Gasteiger charge is 2.17. The topological polar surface area (TPSA) is 47.2 Å². The van der Waals surface area contributed by atoms with Gasteiger partial charge in [-0.05, 0) is 24.3 Å². The summed E-state index contributed by atoms with van der Waals surface area (Å²) in [4.78, 5) is 12.5. The molecule has 1 N–H and O–H groups in total. The summed E-state index contributed by atoms with van der Waals surface area (Å²) in [5.74, 6) is 0.397. The molecule has 0 aliphatic heterocycles. The van der Waals surface area contributed by atoms with Crippen molar-refractivity contribution < 1.29 is 9.21 Å². The van der Waals surface area contributed by atoms with Gasteiger partial charge in [0.2, 0.25) is 0 Å². The van der Waals surface area contributed by atoms with Crippen LogP contribution in [0.5, 0.6) is 0 Å². The summed E-state index contributed by atoms with van der Waals surface area (Å²) < 4.78 is 7.55. The van der Waals surface area contributed by atoms with E-state index in [0.717, 1.165) is 30.5 Å². The number of rotatable bonds is 7. The maximum atomic E-state index is 12.5. The lowest BCUT2D eigenvalue weighted by Crippen LogP contribution is -2.29. The summed E-state index contributed by atoms with van der Waals surface area (Å²) in [7, 11) is 0. The predicted molar refractivity (Wildman–Crippen MR) is 96.1 cm³/mol. The van der Waals surface area contributed by atoms with Crippen molar-refractivity contribution in [1.82, 2.24) is 9.88 Å². The first-order valence-electron chi connectivity index (χ1n) is 8.54. The Morgan fingerprint density at radius 2 is 2.00 bits per heavy atom. The molecule has 0 aliphatic carbocycles. The standard InChI is InChI=1S/C20H24N2O2/c1-15(2)14-21-20(23)18-13-19-17(10-12-24-19)22(18)11-6-9-16-7-4-3-5-8-16/h3-5,7-8,10,12-13,15H,6,9,11,14H2,1-2H3,(H,21,23). The van der Waals surface area contributed by atoms with E-state index in [4.69, 9.17) is 4.42 Å². The third kappa shape index (κ3) is 3.70. The van der Waals surface area contributed by atoms with E-state index in [2.05, 4.69) is 48.0 Å². The minimum atomic E-state index is -0.0326. The monoisotopic (exact) mass is 324 g/mol. The number of amides is 1. The van der Waals surface area contributed by atoms with Crippen molar-refractivity contribution in [2.24, 2.45) is 5.92 Å². The minimum absolute atomic E-state index is 0.0326. The van der Waals surface area contributed by atoms with Gasteiger partial charge in [0.25, 0.3) is 5.91 Å². The molecule has 1 aromatic carbocycles. The average Bonchev–Trinajstić information content (AvgIpc) is 3.16. The van der Waals surface area contributed by atoms with Gasteiger partial charge in [0.05, 0.1) is 11.8 Å². The van der Waals surface area contributed by atoms with Gasteiger partial charge in [-0.1, -0.05) is 44.2 Å². The molecule has 24 heavy (non-hydrogen) atoms. The van der Waals surface area contributed by atoms with E-state index < -0.39 is 0 Å². The van der Waals surface area contributed by atoms with E-state index in [1.165, 1.54) is 5.56 Å². The van der Waals surface area contributed by atoms with Crippen LogP contribution in [0.2, 0.25) is 0 Å². The van der Waals surface area contributed by atoms with Gasteiger partial charge < -0.3 is 14.3 Å². The van der Waals surface area contributed by atoms with Crippen LogP contribution in [0.4, 0.5) is 0 Å². The molecule has 4 nitrogen and oxygen atoms in total. The molecule has 126 valence electrons. The number of carbonyl (C=O) groups is 1. The highest BCUT2D eigenvalue weighted by atomic mass is 16.3. The normalized spacial score (nSPS) is 11.3. The van der Waals surface area contributed by atoms with Gasteiger partial charge in [-0.15, -0.1) is 0 Å². The Kier molecular flexibility index (Phi) is 5.04. The lowest BCUT2D eigenvalue weighted by molar-refractivity contribution is 0.0940. The molecule has 0 bridgehead atoms. The second-order valence-electron chi connectivity index (χ2n) is 6.54. The molecule has 0 aliphatic rings. The van der Waals surface area contributed by atoms with Crippen molar-refractivity contribution in [3.8, 4) is 0 Å². The number of aryl methyl sites for hydroxylation is 2. The Morgan fingerprint density at radius 3 is 2.75 bits per heavy atom. The van der Waals surface area contributed by atoms with E-state index >= 15 is 0 Å². The molecule has 0 fully saturated rings. The predicted octanol–water partition coefficient (Wildman–Crippen LogP) is 4.25. The highest BCUT2D eigenvalue weighted by molar-refractivity contribution is 5.97. The molecule has 2 heterocycles. The zero-order valence-electron chi connectivity index (χ0n) is 14.3. The van der Waals surface area contributed by atoms with Crippen LogP contribution < -0.4 is 5.32 Å². The summed E-state index contributed by atoms with van der Waals surface area (Å²) in [5.41, 5.74) is 3.75. The minimum Gasteiger partial charge on any atom is -0.463 e. The van der Waals surface area contributed by atoms with E-state index in [9.17, 15) is 4.79 Å². The zero-order chi connectivity index (χ0) is 16.9. The van der Waals surface area contributed by atoms with Gasteiger partial charge in [0.15, 0.2) is 5.58 Å². The van der Waals surface area contributed by atoms with Gasteiger partial charge in [-0.3, -0.25) is 4.79 Å². The van der Waals surface area contributed by atoms with Gasteiger partial charge in [0.1, 0.15) is 5.69 Å². The Balaban J connectivity index is 1.74. The Morgan fingerprint density at radius 1 is 1.21 bits per heavy atom. The first kappa shape index (κ1) is 16.4. The van der Waals surface area contributed by atoms with Gasteiger partial charge in [0, 0.05) is 25.2 Å². The highest BCUT2D eigenvalue weighted by Crippen LogP contribution is 2.22. The zero-order valence-corrected chi connectivity index (χ0v) is 14.3. The third-order valence-corrected chi connectivity index (χ3v) is 4.12. The average molecular weight is 324 g/mol. The van der Waals surface area contributed by atoms with Gasteiger partial charge in [-0.25, -0.2) is 0 Å². The van der Waals surface area contributed by atoms with Crippen molar-refractivity contribution >= 4 is 17.0 Å². The van der Waals surface area contributed by atoms with Gasteiger partial charge >= 0.3 is 0 Å². The molecule has 0 saturated heterocycles. The van der Waals surface area contributed by atoms with Crippen LogP contribution in [0.25, 0.3) is 11.1 Å². The Hall–Kier alpha value is -2.49. The fourth-order valence-electron chi connectivity index (χ4n) is 2.88. The Labute approximate surface area is 142 Å². The van der Waals surface area contributed by atoms with Crippen LogP contribution in [0.15, 0.2) is 53.1 Å². The summed E-state index contributed by atoms with van der Waals surface area (Å²) in [6, 6.07) is 14.2. The number of benzene rings is 1. The number of nitrogens with zero attached hydrogens (tertiary/aromatic N) is 1. The number of furan rings is 1. The first-order valence-corrected chi connectivity index (χ1v) is 8.54. The van der Waals surface area contributed by atoms with Crippen molar-refractivity contribution in [1.29, 1.82) is 0 Å². The molecule has 0 unspecified atom stereocenters. The van der Waals surface area contributed by atoms with E-state index in [1.807, 2.05) is 18.2 Å². The first-order chi connectivity index (χ1) is 11.6. The molecule has 0 radical (unpaired) electrons. The number of aromatic nitrogens is 1. The molecule has 1 amide bonds. The summed E-state index contributed by atoms with van der Waals surface area (Å²) in [5, 5.41) is 3.00. The number of hydrogen-bond donors (Lipinski definition) is 1. The fraction of sp³-hybridized carbons (Fsp3) is 0.350. The number of carbonyl (C=O) groups excluding carboxylic acids is 1. The van der Waals surface area contributed by atoms with Crippen LogP contribution in [0.3, 0.4) is 0 Å². The van der Waals surface area contributed by atoms with Gasteiger partial charge in [-0.2, -0.15) is 0 Å². The van der Waals surface area contributed by atoms with Crippen LogP contribution in [-0.4, -0.2) is 17.0 Å². The molecule has 0 atom stereocenters. The summed E-state index contributed by atoms with van der Waals surface area (Å²) >= 11 is 0. The summed E-state index contributed by atoms with van der Waals surface area (Å²) in [6.07, 6.45) is 3.64. The second-order valence-corrected chi connectivity index (χ2v) is 6.54. The van der Waals surface area contributed by atoms with Crippen molar-refractivity contribution in [3.63, 3.8) is 0 Å². The lowest BCUT2D eigenvalue weighted by atomic mass is 10.1. The van der Waals surface area contributed by atoms with Crippen LogP contribution >= 0.6 is 0 Å². The molecule has 2 aromatic heterocycles.